The van der Waals surface area contributed by atoms with Crippen LogP contribution in [-0.4, -0.2) is 22.0 Å². The molecule has 0 bridgehead atoms. The molecule has 0 unspecified atom stereocenters. The van der Waals surface area contributed by atoms with Crippen molar-refractivity contribution in [1.29, 1.82) is 0 Å². The molecule has 0 aliphatic rings. The number of nitrogens with zero attached hydrogens (tertiary/aromatic N) is 2. The highest BCUT2D eigenvalue weighted by atomic mass is 19.4. The first-order valence-corrected chi connectivity index (χ1v) is 7.96. The molecule has 0 saturated carbocycles. The molecular formula is C18H12F3N3O5. The van der Waals surface area contributed by atoms with Crippen LogP contribution in [0.1, 0.15) is 17.1 Å². The third-order valence-corrected chi connectivity index (χ3v) is 3.77. The van der Waals surface area contributed by atoms with E-state index in [0.29, 0.717) is 17.4 Å². The SMILES string of the molecule is COc1ccc([N+](=O)[O-])cc1-c1ccc(/C=C/c2cc(C(F)(F)F)[nH]c(=O)n2)o1. The van der Waals surface area contributed by atoms with Crippen molar-refractivity contribution in [3.8, 4) is 17.1 Å². The van der Waals surface area contributed by atoms with E-state index in [1.54, 1.807) is 4.98 Å². The van der Waals surface area contributed by atoms with Gasteiger partial charge in [-0.15, -0.1) is 0 Å². The Bertz CT molecular complexity index is 1150. The molecule has 3 rings (SSSR count). The van der Waals surface area contributed by atoms with Gasteiger partial charge >= 0.3 is 11.9 Å². The zero-order valence-electron chi connectivity index (χ0n) is 14.7. The van der Waals surface area contributed by atoms with Gasteiger partial charge in [0.25, 0.3) is 5.69 Å². The number of rotatable bonds is 5. The molecule has 1 N–H and O–H groups in total. The molecule has 0 atom stereocenters. The Morgan fingerprint density at radius 1 is 1.21 bits per heavy atom. The number of ether oxygens (including phenoxy) is 1. The summed E-state index contributed by atoms with van der Waals surface area (Å²) in [5, 5.41) is 11.0. The van der Waals surface area contributed by atoms with Gasteiger partial charge in [0.05, 0.1) is 23.3 Å². The van der Waals surface area contributed by atoms with E-state index >= 15 is 0 Å². The number of benzene rings is 1. The monoisotopic (exact) mass is 407 g/mol. The summed E-state index contributed by atoms with van der Waals surface area (Å²) in [6, 6.07) is 7.69. The number of hydrogen-bond acceptors (Lipinski definition) is 6. The number of furan rings is 1. The van der Waals surface area contributed by atoms with Crippen LogP contribution < -0.4 is 10.4 Å². The minimum absolute atomic E-state index is 0.165. The summed E-state index contributed by atoms with van der Waals surface area (Å²) in [7, 11) is 1.39. The number of nitro groups is 1. The first-order chi connectivity index (χ1) is 13.7. The molecule has 2 aromatic heterocycles. The highest BCUT2D eigenvalue weighted by molar-refractivity contribution is 5.72. The van der Waals surface area contributed by atoms with Crippen molar-refractivity contribution in [1.82, 2.24) is 9.97 Å². The van der Waals surface area contributed by atoms with E-state index in [1.807, 2.05) is 0 Å². The number of hydrogen-bond donors (Lipinski definition) is 1. The van der Waals surface area contributed by atoms with Gasteiger partial charge in [0.15, 0.2) is 0 Å². The van der Waals surface area contributed by atoms with Gasteiger partial charge in [-0.1, -0.05) is 0 Å². The number of alkyl halides is 3. The standard InChI is InChI=1S/C18H12F3N3O5/c1-28-14-6-3-11(24(26)27)9-13(14)15-7-5-12(29-15)4-2-10-8-16(18(19,20)21)23-17(25)22-10/h2-9H,1H3,(H,22,23,25)/b4-2+. The van der Waals surface area contributed by atoms with Crippen LogP contribution in [0, 0.1) is 10.1 Å². The average Bonchev–Trinajstić information content (AvgIpc) is 3.13. The summed E-state index contributed by atoms with van der Waals surface area (Å²) < 4.78 is 49.0. The third-order valence-electron chi connectivity index (χ3n) is 3.77. The minimum Gasteiger partial charge on any atom is -0.496 e. The van der Waals surface area contributed by atoms with Crippen molar-refractivity contribution in [3.05, 3.63) is 74.1 Å². The van der Waals surface area contributed by atoms with E-state index in [9.17, 15) is 28.1 Å². The summed E-state index contributed by atoms with van der Waals surface area (Å²) in [5.41, 5.74) is -2.41. The lowest BCUT2D eigenvalue weighted by atomic mass is 10.1. The zero-order chi connectivity index (χ0) is 21.2. The van der Waals surface area contributed by atoms with Crippen LogP contribution in [0.5, 0.6) is 5.75 Å². The molecule has 29 heavy (non-hydrogen) atoms. The lowest BCUT2D eigenvalue weighted by Gasteiger charge is -2.06. The van der Waals surface area contributed by atoms with Gasteiger partial charge in [-0.3, -0.25) is 10.1 Å². The third kappa shape index (κ3) is 4.51. The molecule has 0 aliphatic heterocycles. The van der Waals surface area contributed by atoms with Crippen LogP contribution in [-0.2, 0) is 6.18 Å². The molecule has 0 fully saturated rings. The quantitative estimate of drug-likeness (QED) is 0.503. The predicted molar refractivity (Wildman–Crippen MR) is 96.1 cm³/mol. The Labute approximate surface area is 160 Å². The number of non-ortho nitro benzene ring substituents is 1. The predicted octanol–water partition coefficient (Wildman–Crippen LogP) is 4.14. The molecular weight excluding hydrogens is 395 g/mol. The van der Waals surface area contributed by atoms with Crippen molar-refractivity contribution in [3.63, 3.8) is 0 Å². The summed E-state index contributed by atoms with van der Waals surface area (Å²) >= 11 is 0. The highest BCUT2D eigenvalue weighted by Crippen LogP contribution is 2.34. The molecule has 150 valence electrons. The Hall–Kier alpha value is -3.89. The zero-order valence-corrected chi connectivity index (χ0v) is 14.7. The summed E-state index contributed by atoms with van der Waals surface area (Å²) in [5.74, 6) is 0.816. The van der Waals surface area contributed by atoms with Crippen molar-refractivity contribution in [2.24, 2.45) is 0 Å². The number of nitrogens with one attached hydrogen (secondary N) is 1. The van der Waals surface area contributed by atoms with E-state index in [0.717, 1.165) is 0 Å². The highest BCUT2D eigenvalue weighted by Gasteiger charge is 2.32. The molecule has 0 radical (unpaired) electrons. The number of aromatic nitrogens is 2. The van der Waals surface area contributed by atoms with E-state index < -0.39 is 22.5 Å². The van der Waals surface area contributed by atoms with Crippen molar-refractivity contribution >= 4 is 17.8 Å². The lowest BCUT2D eigenvalue weighted by Crippen LogP contribution is -2.19. The molecule has 0 aliphatic carbocycles. The second-order valence-electron chi connectivity index (χ2n) is 5.70. The first-order valence-electron chi connectivity index (χ1n) is 7.96. The van der Waals surface area contributed by atoms with Gasteiger partial charge in [0.2, 0.25) is 0 Å². The van der Waals surface area contributed by atoms with Crippen LogP contribution in [0.3, 0.4) is 0 Å². The Morgan fingerprint density at radius 2 is 1.97 bits per heavy atom. The number of H-pyrrole nitrogens is 1. The molecule has 3 aromatic rings. The maximum Gasteiger partial charge on any atom is 0.431 e. The Morgan fingerprint density at radius 3 is 2.62 bits per heavy atom. The topological polar surface area (TPSA) is 111 Å². The van der Waals surface area contributed by atoms with Gasteiger partial charge in [-0.05, 0) is 36.4 Å². The second kappa shape index (κ2) is 7.62. The van der Waals surface area contributed by atoms with E-state index in [-0.39, 0.29) is 22.9 Å². The summed E-state index contributed by atoms with van der Waals surface area (Å²) in [6.07, 6.45) is -2.23. The van der Waals surface area contributed by atoms with Crippen molar-refractivity contribution < 1.29 is 27.2 Å². The smallest absolute Gasteiger partial charge is 0.431 e. The van der Waals surface area contributed by atoms with Crippen LogP contribution in [0.25, 0.3) is 23.5 Å². The van der Waals surface area contributed by atoms with E-state index in [1.165, 1.54) is 49.6 Å². The molecule has 0 amide bonds. The fourth-order valence-electron chi connectivity index (χ4n) is 2.47. The van der Waals surface area contributed by atoms with Crippen molar-refractivity contribution in [2.45, 2.75) is 6.18 Å². The minimum atomic E-state index is -4.72. The van der Waals surface area contributed by atoms with Gasteiger partial charge in [-0.25, -0.2) is 4.79 Å². The van der Waals surface area contributed by atoms with Crippen LogP contribution in [0.15, 0.2) is 45.6 Å². The first kappa shape index (κ1) is 19.9. The second-order valence-corrected chi connectivity index (χ2v) is 5.70. The van der Waals surface area contributed by atoms with Gasteiger partial charge in [0.1, 0.15) is 23.0 Å². The number of nitro benzene ring substituents is 1. The number of halogens is 3. The van der Waals surface area contributed by atoms with Gasteiger partial charge in [-0.2, -0.15) is 18.2 Å². The van der Waals surface area contributed by atoms with Gasteiger partial charge < -0.3 is 14.1 Å². The van der Waals surface area contributed by atoms with Crippen LogP contribution in [0.2, 0.25) is 0 Å². The molecule has 0 saturated heterocycles. The van der Waals surface area contributed by atoms with Gasteiger partial charge in [0, 0.05) is 12.1 Å². The molecule has 11 heteroatoms. The normalized spacial score (nSPS) is 11.7. The van der Waals surface area contributed by atoms with E-state index in [4.69, 9.17) is 9.15 Å². The lowest BCUT2D eigenvalue weighted by molar-refractivity contribution is -0.384. The largest absolute Gasteiger partial charge is 0.496 e. The Kier molecular flexibility index (Phi) is 5.22. The maximum absolute atomic E-state index is 12.8. The summed E-state index contributed by atoms with van der Waals surface area (Å²) in [4.78, 5) is 26.8. The summed E-state index contributed by atoms with van der Waals surface area (Å²) in [6.45, 7) is 0. The van der Waals surface area contributed by atoms with Crippen LogP contribution >= 0.6 is 0 Å². The maximum atomic E-state index is 12.8. The number of methoxy groups -OCH3 is 1. The molecule has 0 spiro atoms. The van der Waals surface area contributed by atoms with Crippen LogP contribution in [0.4, 0.5) is 18.9 Å². The van der Waals surface area contributed by atoms with Crippen molar-refractivity contribution in [2.75, 3.05) is 7.11 Å². The molecule has 8 nitrogen and oxygen atoms in total. The Balaban J connectivity index is 1.92. The fourth-order valence-corrected chi connectivity index (χ4v) is 2.47. The molecule has 1 aromatic carbocycles. The molecule has 2 heterocycles. The number of aromatic amines is 1. The van der Waals surface area contributed by atoms with E-state index in [2.05, 4.69) is 4.98 Å². The fraction of sp³-hybridized carbons (Fsp3) is 0.111. The average molecular weight is 407 g/mol.